The van der Waals surface area contributed by atoms with Gasteiger partial charge in [0.2, 0.25) is 5.91 Å². The Hall–Kier alpha value is -3.35. The van der Waals surface area contributed by atoms with Crippen LogP contribution in [-0.2, 0) is 14.3 Å². The summed E-state index contributed by atoms with van der Waals surface area (Å²) < 4.78 is 5.77. The van der Waals surface area contributed by atoms with Gasteiger partial charge in [-0.15, -0.1) is 0 Å². The number of hydrogen-bond donors (Lipinski definition) is 1. The molecule has 2 aromatic carbocycles. The maximum Gasteiger partial charge on any atom is 0.410 e. The van der Waals surface area contributed by atoms with Crippen LogP contribution in [0.3, 0.4) is 0 Å². The van der Waals surface area contributed by atoms with Crippen molar-refractivity contribution in [2.75, 3.05) is 26.2 Å². The molecule has 2 fully saturated rings. The van der Waals surface area contributed by atoms with Crippen LogP contribution in [0, 0.1) is 0 Å². The largest absolute Gasteiger partial charge is 0.480 e. The number of ether oxygens (including phenoxy) is 1. The third-order valence-electron chi connectivity index (χ3n) is 6.85. The second kappa shape index (κ2) is 7.41. The molecule has 0 saturated carbocycles. The van der Waals surface area contributed by atoms with Gasteiger partial charge in [0.1, 0.15) is 18.7 Å². The van der Waals surface area contributed by atoms with Gasteiger partial charge in [-0.25, -0.2) is 4.79 Å². The Labute approximate surface area is 180 Å². The molecular weight excluding hydrogens is 396 g/mol. The van der Waals surface area contributed by atoms with Crippen LogP contribution in [0.25, 0.3) is 11.1 Å². The summed E-state index contributed by atoms with van der Waals surface area (Å²) in [5.41, 5.74) is 3.63. The van der Waals surface area contributed by atoms with E-state index in [0.717, 1.165) is 22.3 Å². The van der Waals surface area contributed by atoms with E-state index in [1.54, 1.807) is 0 Å². The molecule has 2 heterocycles. The van der Waals surface area contributed by atoms with Gasteiger partial charge in [0.25, 0.3) is 0 Å². The quantitative estimate of drug-likeness (QED) is 0.821. The normalized spacial score (nSPS) is 22.1. The highest BCUT2D eigenvalue weighted by atomic mass is 16.6. The van der Waals surface area contributed by atoms with Gasteiger partial charge in [-0.3, -0.25) is 14.5 Å². The van der Waals surface area contributed by atoms with Crippen LogP contribution < -0.4 is 0 Å². The number of amides is 2. The van der Waals surface area contributed by atoms with Crippen molar-refractivity contribution in [2.24, 2.45) is 0 Å². The first kappa shape index (κ1) is 19.6. The fourth-order valence-electron chi connectivity index (χ4n) is 5.44. The van der Waals surface area contributed by atoms with Gasteiger partial charge >= 0.3 is 12.1 Å². The average Bonchev–Trinajstić information content (AvgIpc) is 3.43. The Morgan fingerprint density at radius 3 is 2.29 bits per heavy atom. The van der Waals surface area contributed by atoms with E-state index in [1.807, 2.05) is 24.3 Å². The molecule has 2 aliphatic heterocycles. The van der Waals surface area contributed by atoms with Crippen LogP contribution >= 0.6 is 0 Å². The minimum Gasteiger partial charge on any atom is -0.480 e. The molecule has 2 saturated heterocycles. The second-order valence-electron chi connectivity index (χ2n) is 8.46. The maximum absolute atomic E-state index is 13.1. The van der Waals surface area contributed by atoms with Crippen LogP contribution in [0.1, 0.15) is 36.3 Å². The first-order valence-electron chi connectivity index (χ1n) is 10.6. The lowest BCUT2D eigenvalue weighted by molar-refractivity contribution is -0.145. The number of carbonyl (C=O) groups excluding carboxylic acids is 2. The number of nitrogens with zero attached hydrogens (tertiary/aromatic N) is 2. The Morgan fingerprint density at radius 2 is 1.65 bits per heavy atom. The lowest BCUT2D eigenvalue weighted by Gasteiger charge is -2.32. The van der Waals surface area contributed by atoms with E-state index in [4.69, 9.17) is 9.84 Å². The number of carboxylic acid groups (broad SMARTS) is 1. The summed E-state index contributed by atoms with van der Waals surface area (Å²) in [5, 5.41) is 9.06. The third kappa shape index (κ3) is 3.07. The van der Waals surface area contributed by atoms with Crippen molar-refractivity contribution in [2.45, 2.75) is 30.7 Å². The predicted molar refractivity (Wildman–Crippen MR) is 113 cm³/mol. The van der Waals surface area contributed by atoms with Gasteiger partial charge in [0, 0.05) is 19.0 Å². The number of carbonyl (C=O) groups is 3. The Morgan fingerprint density at radius 1 is 1.00 bits per heavy atom. The zero-order valence-electron chi connectivity index (χ0n) is 17.1. The molecule has 1 N–H and O–H groups in total. The third-order valence-corrected chi connectivity index (χ3v) is 6.85. The Bertz CT molecular complexity index is 1020. The first-order valence-corrected chi connectivity index (χ1v) is 10.6. The fourth-order valence-corrected chi connectivity index (χ4v) is 5.44. The van der Waals surface area contributed by atoms with Crippen LogP contribution in [0.4, 0.5) is 4.79 Å². The summed E-state index contributed by atoms with van der Waals surface area (Å²) in [4.78, 5) is 40.0. The molecule has 31 heavy (non-hydrogen) atoms. The Kier molecular flexibility index (Phi) is 4.68. The highest BCUT2D eigenvalue weighted by Crippen LogP contribution is 2.45. The standard InChI is InChI=1S/C24H24N2O5/c27-21(28)14-25-13-11-24(22(25)29)10-5-12-26(24)23(30)31-15-20-18-8-3-1-6-16(18)17-7-2-4-9-19(17)20/h1-4,6-9,20H,5,10-15H2,(H,27,28)/t24-/m1/s1. The smallest absolute Gasteiger partial charge is 0.410 e. The van der Waals surface area contributed by atoms with Gasteiger partial charge in [-0.2, -0.15) is 0 Å². The number of benzene rings is 2. The van der Waals surface area contributed by atoms with Gasteiger partial charge in [-0.05, 0) is 41.5 Å². The molecule has 2 aromatic rings. The van der Waals surface area contributed by atoms with Crippen LogP contribution in [0.2, 0.25) is 0 Å². The van der Waals surface area contributed by atoms with Crippen molar-refractivity contribution < 1.29 is 24.2 Å². The van der Waals surface area contributed by atoms with E-state index in [9.17, 15) is 14.4 Å². The average molecular weight is 420 g/mol. The van der Waals surface area contributed by atoms with E-state index < -0.39 is 17.6 Å². The van der Waals surface area contributed by atoms with Crippen LogP contribution in [-0.4, -0.2) is 64.7 Å². The first-order chi connectivity index (χ1) is 15.0. The van der Waals surface area contributed by atoms with Crippen molar-refractivity contribution in [3.05, 3.63) is 59.7 Å². The Balaban J connectivity index is 1.33. The van der Waals surface area contributed by atoms with E-state index in [2.05, 4.69) is 24.3 Å². The maximum atomic E-state index is 13.1. The van der Waals surface area contributed by atoms with Crippen molar-refractivity contribution in [3.8, 4) is 11.1 Å². The summed E-state index contributed by atoms with van der Waals surface area (Å²) >= 11 is 0. The second-order valence-corrected chi connectivity index (χ2v) is 8.46. The minimum absolute atomic E-state index is 0.0438. The SMILES string of the molecule is O=C(O)CN1CC[C@]2(CCCN2C(=O)OCC2c3ccccc3-c3ccccc32)C1=O. The number of rotatable bonds is 4. The number of carboxylic acids is 1. The van der Waals surface area contributed by atoms with E-state index in [-0.39, 0.29) is 25.0 Å². The highest BCUT2D eigenvalue weighted by molar-refractivity contribution is 5.94. The molecule has 1 spiro atoms. The number of hydrogen-bond acceptors (Lipinski definition) is 4. The molecule has 3 aliphatic rings. The van der Waals surface area contributed by atoms with Crippen molar-refractivity contribution in [1.82, 2.24) is 9.80 Å². The summed E-state index contributed by atoms with van der Waals surface area (Å²) in [5.74, 6) is -1.37. The lowest BCUT2D eigenvalue weighted by atomic mass is 9.94. The molecule has 1 aliphatic carbocycles. The molecule has 2 amide bonds. The topological polar surface area (TPSA) is 87.2 Å². The molecule has 0 bridgehead atoms. The number of likely N-dealkylation sites (tertiary alicyclic amines) is 2. The summed E-state index contributed by atoms with van der Waals surface area (Å²) in [6.45, 7) is 0.660. The van der Waals surface area contributed by atoms with Gasteiger partial charge < -0.3 is 14.7 Å². The lowest BCUT2D eigenvalue weighted by Crippen LogP contribution is -2.53. The minimum atomic E-state index is -1.05. The molecule has 5 rings (SSSR count). The molecule has 0 radical (unpaired) electrons. The van der Waals surface area contributed by atoms with E-state index in [0.29, 0.717) is 32.4 Å². The van der Waals surface area contributed by atoms with E-state index in [1.165, 1.54) is 9.80 Å². The number of aliphatic carboxylic acids is 1. The van der Waals surface area contributed by atoms with Gasteiger partial charge in [0.05, 0.1) is 0 Å². The van der Waals surface area contributed by atoms with E-state index >= 15 is 0 Å². The van der Waals surface area contributed by atoms with Crippen molar-refractivity contribution in [3.63, 3.8) is 0 Å². The summed E-state index contributed by atoms with van der Waals surface area (Å²) in [7, 11) is 0. The molecule has 160 valence electrons. The number of fused-ring (bicyclic) bond motifs is 3. The summed E-state index contributed by atoms with van der Waals surface area (Å²) in [6, 6.07) is 16.3. The molecule has 7 nitrogen and oxygen atoms in total. The van der Waals surface area contributed by atoms with Gasteiger partial charge in [-0.1, -0.05) is 48.5 Å². The highest BCUT2D eigenvalue weighted by Gasteiger charge is 2.55. The zero-order valence-corrected chi connectivity index (χ0v) is 17.1. The van der Waals surface area contributed by atoms with Crippen molar-refractivity contribution >= 4 is 18.0 Å². The molecule has 7 heteroatoms. The summed E-state index contributed by atoms with van der Waals surface area (Å²) in [6.07, 6.45) is 1.21. The van der Waals surface area contributed by atoms with Crippen molar-refractivity contribution in [1.29, 1.82) is 0 Å². The van der Waals surface area contributed by atoms with Crippen LogP contribution in [0.15, 0.2) is 48.5 Å². The molecule has 0 unspecified atom stereocenters. The zero-order chi connectivity index (χ0) is 21.6. The monoisotopic (exact) mass is 420 g/mol. The molecule has 0 aromatic heterocycles. The predicted octanol–water partition coefficient (Wildman–Crippen LogP) is 3.09. The molecular formula is C24H24N2O5. The fraction of sp³-hybridized carbons (Fsp3) is 0.375. The van der Waals surface area contributed by atoms with Crippen LogP contribution in [0.5, 0.6) is 0 Å². The van der Waals surface area contributed by atoms with Gasteiger partial charge in [0.15, 0.2) is 0 Å². The molecule has 1 atom stereocenters.